The monoisotopic (exact) mass is 466 g/mol. The summed E-state index contributed by atoms with van der Waals surface area (Å²) in [5.74, 6) is -0.641. The van der Waals surface area contributed by atoms with Crippen LogP contribution < -0.4 is 9.47 Å². The van der Waals surface area contributed by atoms with Crippen molar-refractivity contribution in [3.8, 4) is 17.2 Å². The molecular formula is C26H30N2O6. The highest BCUT2D eigenvalue weighted by Crippen LogP contribution is 2.41. The molecule has 34 heavy (non-hydrogen) atoms. The van der Waals surface area contributed by atoms with Crippen molar-refractivity contribution >= 4 is 17.4 Å². The molecule has 0 radical (unpaired) electrons. The summed E-state index contributed by atoms with van der Waals surface area (Å²) in [4.78, 5) is 30.0. The molecule has 8 nitrogen and oxygen atoms in total. The van der Waals surface area contributed by atoms with E-state index < -0.39 is 17.7 Å². The summed E-state index contributed by atoms with van der Waals surface area (Å²) >= 11 is 0. The van der Waals surface area contributed by atoms with Crippen molar-refractivity contribution < 1.29 is 29.3 Å². The van der Waals surface area contributed by atoms with Gasteiger partial charge in [-0.3, -0.25) is 9.59 Å². The zero-order valence-corrected chi connectivity index (χ0v) is 19.5. The van der Waals surface area contributed by atoms with Crippen molar-refractivity contribution in [2.75, 3.05) is 39.4 Å². The summed E-state index contributed by atoms with van der Waals surface area (Å²) in [5.41, 5.74) is 0.909. The molecule has 1 amide bonds. The van der Waals surface area contributed by atoms with Gasteiger partial charge < -0.3 is 29.5 Å². The van der Waals surface area contributed by atoms with Gasteiger partial charge in [0.15, 0.2) is 11.5 Å². The van der Waals surface area contributed by atoms with Gasteiger partial charge >= 0.3 is 0 Å². The van der Waals surface area contributed by atoms with Gasteiger partial charge in [-0.15, -0.1) is 0 Å². The summed E-state index contributed by atoms with van der Waals surface area (Å²) in [5, 5.41) is 21.3. The largest absolute Gasteiger partial charge is 0.508 e. The van der Waals surface area contributed by atoms with Gasteiger partial charge in [0.1, 0.15) is 24.7 Å². The number of aliphatic hydroxyl groups is 1. The van der Waals surface area contributed by atoms with E-state index in [0.717, 1.165) is 19.6 Å². The molecular weight excluding hydrogens is 436 g/mol. The Balaban J connectivity index is 1.73. The molecule has 8 heteroatoms. The number of carbonyl (C=O) groups is 2. The zero-order chi connectivity index (χ0) is 24.2. The van der Waals surface area contributed by atoms with Crippen molar-refractivity contribution in [2.45, 2.75) is 26.3 Å². The SMILES string of the molecule is CCN(CC)CCCN1C(=O)C(=O)/C(=C(/O)c2ccc3c(c2)OCCO3)[C@@H]1c1cccc(O)c1. The Bertz CT molecular complexity index is 1110. The maximum Gasteiger partial charge on any atom is 0.295 e. The number of nitrogens with zero attached hydrogens (tertiary/aromatic N) is 2. The maximum atomic E-state index is 13.2. The van der Waals surface area contributed by atoms with Crippen molar-refractivity contribution in [1.82, 2.24) is 9.80 Å². The summed E-state index contributed by atoms with van der Waals surface area (Å²) in [6.45, 7) is 7.91. The lowest BCUT2D eigenvalue weighted by Crippen LogP contribution is -2.33. The Morgan fingerprint density at radius 3 is 2.50 bits per heavy atom. The molecule has 2 aliphatic heterocycles. The van der Waals surface area contributed by atoms with Gasteiger partial charge in [0, 0.05) is 12.1 Å². The molecule has 1 atom stereocenters. The number of hydrogen-bond donors (Lipinski definition) is 2. The molecule has 2 N–H and O–H groups in total. The number of fused-ring (bicyclic) bond motifs is 1. The maximum absolute atomic E-state index is 13.2. The van der Waals surface area contributed by atoms with Crippen LogP contribution in [0.25, 0.3) is 5.76 Å². The average Bonchev–Trinajstić information content (AvgIpc) is 3.11. The third-order valence-corrected chi connectivity index (χ3v) is 6.31. The number of benzene rings is 2. The van der Waals surface area contributed by atoms with Crippen LogP contribution in [0.15, 0.2) is 48.0 Å². The van der Waals surface area contributed by atoms with Crippen LogP contribution in [0.5, 0.6) is 17.2 Å². The Labute approximate surface area is 199 Å². The van der Waals surface area contributed by atoms with Gasteiger partial charge in [0.05, 0.1) is 11.6 Å². The van der Waals surface area contributed by atoms with Crippen LogP contribution in [0, 0.1) is 0 Å². The normalized spacial score (nSPS) is 19.1. The van der Waals surface area contributed by atoms with Gasteiger partial charge in [-0.2, -0.15) is 0 Å². The number of aliphatic hydroxyl groups excluding tert-OH is 1. The predicted octanol–water partition coefficient (Wildman–Crippen LogP) is 3.32. The minimum atomic E-state index is -0.808. The number of carbonyl (C=O) groups excluding carboxylic acids is 2. The van der Waals surface area contributed by atoms with Crippen LogP contribution in [0.2, 0.25) is 0 Å². The van der Waals surface area contributed by atoms with E-state index >= 15 is 0 Å². The Hall–Kier alpha value is -3.52. The molecule has 0 saturated carbocycles. The van der Waals surface area contributed by atoms with Crippen LogP contribution in [-0.2, 0) is 9.59 Å². The van der Waals surface area contributed by atoms with E-state index in [4.69, 9.17) is 9.47 Å². The molecule has 2 aliphatic rings. The highest BCUT2D eigenvalue weighted by molar-refractivity contribution is 6.46. The second-order valence-corrected chi connectivity index (χ2v) is 8.33. The number of likely N-dealkylation sites (tertiary alicyclic amines) is 1. The van der Waals surface area contributed by atoms with E-state index in [9.17, 15) is 19.8 Å². The molecule has 0 bridgehead atoms. The minimum Gasteiger partial charge on any atom is -0.508 e. The van der Waals surface area contributed by atoms with E-state index in [1.165, 1.54) is 17.0 Å². The molecule has 0 aliphatic carbocycles. The molecule has 2 aromatic rings. The van der Waals surface area contributed by atoms with Crippen LogP contribution in [0.4, 0.5) is 0 Å². The van der Waals surface area contributed by atoms with E-state index in [1.807, 2.05) is 0 Å². The van der Waals surface area contributed by atoms with Crippen molar-refractivity contribution in [1.29, 1.82) is 0 Å². The quantitative estimate of drug-likeness (QED) is 0.350. The van der Waals surface area contributed by atoms with Gasteiger partial charge in [0.25, 0.3) is 11.7 Å². The van der Waals surface area contributed by atoms with Crippen molar-refractivity contribution in [3.63, 3.8) is 0 Å². The summed E-state index contributed by atoms with van der Waals surface area (Å²) in [6.07, 6.45) is 0.675. The number of phenolic OH excluding ortho intramolecular Hbond substituents is 1. The Morgan fingerprint density at radius 2 is 1.79 bits per heavy atom. The minimum absolute atomic E-state index is 0.00452. The Kier molecular flexibility index (Phi) is 7.07. The van der Waals surface area contributed by atoms with Crippen LogP contribution >= 0.6 is 0 Å². The average molecular weight is 467 g/mol. The molecule has 180 valence electrons. The van der Waals surface area contributed by atoms with Gasteiger partial charge in [0.2, 0.25) is 0 Å². The fourth-order valence-corrected chi connectivity index (χ4v) is 4.50. The summed E-state index contributed by atoms with van der Waals surface area (Å²) < 4.78 is 11.2. The van der Waals surface area contributed by atoms with Crippen LogP contribution in [0.1, 0.15) is 37.4 Å². The van der Waals surface area contributed by atoms with Crippen molar-refractivity contribution in [3.05, 3.63) is 59.2 Å². The summed E-state index contributed by atoms with van der Waals surface area (Å²) in [7, 11) is 0. The van der Waals surface area contributed by atoms with Crippen LogP contribution in [0.3, 0.4) is 0 Å². The number of rotatable bonds is 8. The first-order valence-corrected chi connectivity index (χ1v) is 11.6. The number of ketones is 1. The molecule has 1 saturated heterocycles. The molecule has 0 unspecified atom stereocenters. The summed E-state index contributed by atoms with van der Waals surface area (Å²) in [6, 6.07) is 10.6. The van der Waals surface area contributed by atoms with Gasteiger partial charge in [-0.05, 0) is 62.0 Å². The van der Waals surface area contributed by atoms with E-state index in [-0.39, 0.29) is 17.1 Å². The fourth-order valence-electron chi connectivity index (χ4n) is 4.50. The first kappa shape index (κ1) is 23.6. The molecule has 1 fully saturated rings. The molecule has 2 heterocycles. The molecule has 0 spiro atoms. The third-order valence-electron chi connectivity index (χ3n) is 6.31. The predicted molar refractivity (Wildman–Crippen MR) is 127 cm³/mol. The lowest BCUT2D eigenvalue weighted by atomic mass is 9.95. The van der Waals surface area contributed by atoms with E-state index in [2.05, 4.69) is 18.7 Å². The highest BCUT2D eigenvalue weighted by atomic mass is 16.6. The first-order valence-electron chi connectivity index (χ1n) is 11.6. The number of aromatic hydroxyl groups is 1. The van der Waals surface area contributed by atoms with Gasteiger partial charge in [-0.25, -0.2) is 0 Å². The lowest BCUT2D eigenvalue weighted by molar-refractivity contribution is -0.140. The molecule has 2 aromatic carbocycles. The molecule has 4 rings (SSSR count). The standard InChI is InChI=1S/C26H30N2O6/c1-3-27(4-2)11-6-12-28-23(17-7-5-8-19(29)15-17)22(25(31)26(28)32)24(30)18-9-10-20-21(16-18)34-14-13-33-20/h5,7-10,15-16,23,29-30H,3-4,6,11-14H2,1-2H3/b24-22+/t23-/m0/s1. The number of amides is 1. The second-order valence-electron chi connectivity index (χ2n) is 8.33. The fraction of sp³-hybridized carbons (Fsp3) is 0.385. The number of hydrogen-bond acceptors (Lipinski definition) is 7. The second kappa shape index (κ2) is 10.2. The van der Waals surface area contributed by atoms with Crippen LogP contribution in [-0.4, -0.2) is 71.1 Å². The number of phenols is 1. The lowest BCUT2D eigenvalue weighted by Gasteiger charge is -2.27. The topological polar surface area (TPSA) is 99.5 Å². The molecule has 0 aromatic heterocycles. The van der Waals surface area contributed by atoms with E-state index in [0.29, 0.717) is 48.8 Å². The smallest absolute Gasteiger partial charge is 0.295 e. The Morgan fingerprint density at radius 1 is 1.06 bits per heavy atom. The zero-order valence-electron chi connectivity index (χ0n) is 19.5. The van der Waals surface area contributed by atoms with Crippen molar-refractivity contribution in [2.24, 2.45) is 0 Å². The van der Waals surface area contributed by atoms with Gasteiger partial charge in [-0.1, -0.05) is 26.0 Å². The highest BCUT2D eigenvalue weighted by Gasteiger charge is 2.46. The number of ether oxygens (including phenoxy) is 2. The first-order chi connectivity index (χ1) is 16.4. The number of Topliss-reactive ketones (excluding diaryl/α,β-unsaturated/α-hetero) is 1. The van der Waals surface area contributed by atoms with E-state index in [1.54, 1.807) is 30.3 Å². The third kappa shape index (κ3) is 4.59.